The maximum Gasteiger partial charge on any atom is 0.417 e. The largest absolute Gasteiger partial charge is 0.417 e. The number of aromatic amines is 1. The number of nitrogens with zero attached hydrogens (tertiary/aromatic N) is 3. The summed E-state index contributed by atoms with van der Waals surface area (Å²) in [6.45, 7) is 0. The van der Waals surface area contributed by atoms with Gasteiger partial charge in [-0.05, 0) is 26.9 Å². The fraction of sp³-hybridized carbons (Fsp3) is 0.100. The Morgan fingerprint density at radius 1 is 1.48 bits per heavy atom. The predicted molar refractivity (Wildman–Crippen MR) is 75.1 cm³/mol. The molecule has 2 N–H and O–H groups in total. The number of hydrogen-bond acceptors (Lipinski definition) is 5. The quantitative estimate of drug-likeness (QED) is 0.590. The van der Waals surface area contributed by atoms with Gasteiger partial charge in [0.2, 0.25) is 0 Å². The van der Waals surface area contributed by atoms with Gasteiger partial charge in [-0.15, -0.1) is 5.10 Å². The van der Waals surface area contributed by atoms with Crippen LogP contribution in [0, 0.1) is 10.1 Å². The second-order valence-corrected chi connectivity index (χ2v) is 5.20. The lowest BCUT2D eigenvalue weighted by Gasteiger charge is -2.09. The van der Waals surface area contributed by atoms with Crippen LogP contribution in [0.1, 0.15) is 16.1 Å². The normalized spacial score (nSPS) is 11.3. The molecule has 13 heteroatoms. The number of halogens is 5. The molecule has 0 aliphatic heterocycles. The summed E-state index contributed by atoms with van der Waals surface area (Å²) in [5.74, 6) is -1.85. The summed E-state index contributed by atoms with van der Waals surface area (Å²) in [5.41, 5.74) is -1.47. The highest BCUT2D eigenvalue weighted by atomic mass is 79.9. The van der Waals surface area contributed by atoms with E-state index in [1.807, 2.05) is 5.10 Å². The van der Waals surface area contributed by atoms with E-state index < -0.39 is 33.4 Å². The first kappa shape index (κ1) is 17.1. The van der Waals surface area contributed by atoms with Crippen molar-refractivity contribution in [3.8, 4) is 0 Å². The fourth-order valence-electron chi connectivity index (χ4n) is 1.44. The molecule has 0 aliphatic carbocycles. The van der Waals surface area contributed by atoms with Gasteiger partial charge in [-0.2, -0.15) is 13.2 Å². The maximum atomic E-state index is 12.5. The third kappa shape index (κ3) is 3.59. The molecule has 2 aromatic rings. The van der Waals surface area contributed by atoms with Crippen molar-refractivity contribution in [3.63, 3.8) is 0 Å². The van der Waals surface area contributed by atoms with Crippen molar-refractivity contribution in [2.45, 2.75) is 6.18 Å². The second-order valence-electron chi connectivity index (χ2n) is 4.00. The standard InChI is InChI=1S/C10H4BrClF3N5O3/c11-5-6(18-19-8(5)20(22)23)9(21)17-7-4(12)1-3(2-16-7)10(13,14)15/h1-2H,(H,18,19)(H,16,17,21). The molecule has 0 saturated heterocycles. The first-order valence-electron chi connectivity index (χ1n) is 5.53. The summed E-state index contributed by atoms with van der Waals surface area (Å²) in [6, 6.07) is 0.589. The van der Waals surface area contributed by atoms with Crippen LogP contribution in [0.15, 0.2) is 16.7 Å². The van der Waals surface area contributed by atoms with E-state index in [9.17, 15) is 28.1 Å². The third-order valence-electron chi connectivity index (χ3n) is 2.49. The van der Waals surface area contributed by atoms with Gasteiger partial charge in [-0.1, -0.05) is 16.7 Å². The van der Waals surface area contributed by atoms with Gasteiger partial charge in [-0.3, -0.25) is 4.79 Å². The minimum atomic E-state index is -4.63. The molecule has 122 valence electrons. The van der Waals surface area contributed by atoms with E-state index in [4.69, 9.17) is 11.6 Å². The maximum absolute atomic E-state index is 12.5. The van der Waals surface area contributed by atoms with E-state index in [0.717, 1.165) is 0 Å². The molecule has 0 unspecified atom stereocenters. The van der Waals surface area contributed by atoms with E-state index in [1.54, 1.807) is 0 Å². The topological polar surface area (TPSA) is 114 Å². The van der Waals surface area contributed by atoms with Crippen molar-refractivity contribution in [2.75, 3.05) is 5.32 Å². The van der Waals surface area contributed by atoms with Crippen LogP contribution in [0.2, 0.25) is 5.02 Å². The van der Waals surface area contributed by atoms with Crippen LogP contribution in [0.5, 0.6) is 0 Å². The first-order valence-corrected chi connectivity index (χ1v) is 6.70. The Bertz CT molecular complexity index is 795. The summed E-state index contributed by atoms with van der Waals surface area (Å²) in [5, 5.41) is 17.8. The number of carbonyl (C=O) groups excluding carboxylic acids is 1. The summed E-state index contributed by atoms with van der Waals surface area (Å²) >= 11 is 8.46. The molecule has 2 heterocycles. The number of alkyl halides is 3. The minimum absolute atomic E-state index is 0.219. The molecule has 2 rings (SSSR count). The number of amides is 1. The molecule has 0 bridgehead atoms. The van der Waals surface area contributed by atoms with Gasteiger partial charge in [0.25, 0.3) is 5.91 Å². The van der Waals surface area contributed by atoms with E-state index in [1.165, 1.54) is 0 Å². The number of rotatable bonds is 3. The molecule has 0 spiro atoms. The van der Waals surface area contributed by atoms with Crippen molar-refractivity contribution in [1.29, 1.82) is 0 Å². The minimum Gasteiger partial charge on any atom is -0.358 e. The lowest BCUT2D eigenvalue weighted by atomic mass is 10.2. The van der Waals surface area contributed by atoms with Gasteiger partial charge < -0.3 is 15.4 Å². The van der Waals surface area contributed by atoms with Gasteiger partial charge in [0.05, 0.1) is 10.6 Å². The van der Waals surface area contributed by atoms with Crippen molar-refractivity contribution in [1.82, 2.24) is 15.2 Å². The number of hydrogen-bond donors (Lipinski definition) is 2. The summed E-state index contributed by atoms with van der Waals surface area (Å²) < 4.78 is 37.2. The number of nitrogens with one attached hydrogen (secondary N) is 2. The van der Waals surface area contributed by atoms with Crippen LogP contribution < -0.4 is 5.32 Å². The first-order chi connectivity index (χ1) is 10.6. The van der Waals surface area contributed by atoms with Gasteiger partial charge in [0.1, 0.15) is 4.47 Å². The number of nitro groups is 1. The zero-order valence-corrected chi connectivity index (χ0v) is 13.0. The number of carbonyl (C=O) groups is 1. The summed E-state index contributed by atoms with van der Waals surface area (Å²) in [4.78, 5) is 25.2. The fourth-order valence-corrected chi connectivity index (χ4v) is 2.16. The lowest BCUT2D eigenvalue weighted by molar-refractivity contribution is -0.390. The van der Waals surface area contributed by atoms with E-state index in [2.05, 4.69) is 31.3 Å². The molecule has 23 heavy (non-hydrogen) atoms. The number of aromatic nitrogens is 3. The molecule has 0 aromatic carbocycles. The Morgan fingerprint density at radius 3 is 2.61 bits per heavy atom. The Hall–Kier alpha value is -2.21. The van der Waals surface area contributed by atoms with Crippen LogP contribution in [-0.4, -0.2) is 26.0 Å². The molecular formula is C10H4BrClF3N5O3. The summed E-state index contributed by atoms with van der Waals surface area (Å²) in [6.07, 6.45) is -4.14. The van der Waals surface area contributed by atoms with Crippen LogP contribution >= 0.6 is 27.5 Å². The molecule has 1 amide bonds. The molecule has 8 nitrogen and oxygen atoms in total. The van der Waals surface area contributed by atoms with Crippen molar-refractivity contribution >= 4 is 45.1 Å². The molecule has 0 atom stereocenters. The SMILES string of the molecule is O=C(Nc1ncc(C(F)(F)F)cc1Cl)c1n[nH]c([N+](=O)[O-])c1Br. The van der Waals surface area contributed by atoms with Crippen molar-refractivity contribution in [2.24, 2.45) is 0 Å². The van der Waals surface area contributed by atoms with Gasteiger partial charge in [-0.25, -0.2) is 4.98 Å². The molecule has 0 saturated carbocycles. The molecular weight excluding hydrogens is 410 g/mol. The third-order valence-corrected chi connectivity index (χ3v) is 3.53. The van der Waals surface area contributed by atoms with Crippen LogP contribution in [0.3, 0.4) is 0 Å². The number of H-pyrrole nitrogens is 1. The van der Waals surface area contributed by atoms with E-state index >= 15 is 0 Å². The zero-order valence-electron chi connectivity index (χ0n) is 10.6. The monoisotopic (exact) mass is 413 g/mol. The Labute approximate surface area is 138 Å². The Kier molecular flexibility index (Phi) is 4.56. The number of anilines is 1. The average Bonchev–Trinajstić information content (AvgIpc) is 2.81. The molecule has 0 aliphatic rings. The summed E-state index contributed by atoms with van der Waals surface area (Å²) in [7, 11) is 0. The predicted octanol–water partition coefficient (Wildman–Crippen LogP) is 3.40. The van der Waals surface area contributed by atoms with Crippen molar-refractivity contribution < 1.29 is 22.9 Å². The Balaban J connectivity index is 2.26. The highest BCUT2D eigenvalue weighted by Crippen LogP contribution is 2.33. The van der Waals surface area contributed by atoms with Gasteiger partial charge in [0.15, 0.2) is 11.5 Å². The lowest BCUT2D eigenvalue weighted by Crippen LogP contribution is -2.15. The average molecular weight is 415 g/mol. The highest BCUT2D eigenvalue weighted by molar-refractivity contribution is 9.10. The Morgan fingerprint density at radius 2 is 2.13 bits per heavy atom. The number of pyridine rings is 1. The molecule has 0 radical (unpaired) electrons. The smallest absolute Gasteiger partial charge is 0.358 e. The zero-order chi connectivity index (χ0) is 17.4. The van der Waals surface area contributed by atoms with Crippen molar-refractivity contribution in [3.05, 3.63) is 43.1 Å². The van der Waals surface area contributed by atoms with Crippen LogP contribution in [-0.2, 0) is 6.18 Å². The van der Waals surface area contributed by atoms with Gasteiger partial charge >= 0.3 is 12.0 Å². The van der Waals surface area contributed by atoms with E-state index in [-0.39, 0.29) is 16.0 Å². The van der Waals surface area contributed by atoms with E-state index in [0.29, 0.717) is 12.3 Å². The van der Waals surface area contributed by atoms with Gasteiger partial charge in [0, 0.05) is 6.20 Å². The van der Waals surface area contributed by atoms with Crippen LogP contribution in [0.4, 0.5) is 24.8 Å². The second kappa shape index (κ2) is 6.12. The molecule has 0 fully saturated rings. The highest BCUT2D eigenvalue weighted by Gasteiger charge is 2.32. The molecule has 2 aromatic heterocycles. The van der Waals surface area contributed by atoms with Crippen LogP contribution in [0.25, 0.3) is 0 Å².